The molecule has 0 saturated carbocycles. The van der Waals surface area contributed by atoms with Crippen molar-refractivity contribution >= 4 is 29.7 Å². The van der Waals surface area contributed by atoms with Gasteiger partial charge in [0.05, 0.1) is 18.6 Å². The van der Waals surface area contributed by atoms with E-state index in [1.54, 1.807) is 0 Å². The maximum absolute atomic E-state index is 12.2. The van der Waals surface area contributed by atoms with Crippen LogP contribution in [0.5, 0.6) is 0 Å². The number of hydrogen-bond donors (Lipinski definition) is 8. The molecular formula is C14H26N6O7. The quantitative estimate of drug-likeness (QED) is 0.0919. The Balaban J connectivity index is 4.91. The molecule has 0 aliphatic rings. The fourth-order valence-electron chi connectivity index (χ4n) is 1.97. The van der Waals surface area contributed by atoms with Crippen LogP contribution in [-0.4, -0.2) is 75.8 Å². The van der Waals surface area contributed by atoms with Crippen molar-refractivity contribution in [2.24, 2.45) is 22.2 Å². The molecule has 11 N–H and O–H groups in total. The molecular weight excluding hydrogens is 364 g/mol. The van der Waals surface area contributed by atoms with Crippen molar-refractivity contribution in [2.75, 3.05) is 6.54 Å². The van der Waals surface area contributed by atoms with Gasteiger partial charge in [-0.2, -0.15) is 0 Å². The van der Waals surface area contributed by atoms with Gasteiger partial charge in [-0.05, 0) is 19.8 Å². The number of guanidine groups is 1. The summed E-state index contributed by atoms with van der Waals surface area (Å²) in [6, 6.07) is -4.26. The molecule has 0 aliphatic carbocycles. The first kappa shape index (κ1) is 24.1. The summed E-state index contributed by atoms with van der Waals surface area (Å²) in [5.74, 6) is -4.73. The van der Waals surface area contributed by atoms with Crippen LogP contribution in [0, 0.1) is 0 Å². The molecule has 0 aromatic carbocycles. The van der Waals surface area contributed by atoms with Gasteiger partial charge in [-0.1, -0.05) is 0 Å². The highest BCUT2D eigenvalue weighted by molar-refractivity contribution is 5.93. The van der Waals surface area contributed by atoms with Gasteiger partial charge in [-0.15, -0.1) is 0 Å². The van der Waals surface area contributed by atoms with Crippen LogP contribution in [-0.2, 0) is 19.2 Å². The van der Waals surface area contributed by atoms with Crippen LogP contribution in [0.1, 0.15) is 26.2 Å². The van der Waals surface area contributed by atoms with Gasteiger partial charge in [0, 0.05) is 6.54 Å². The summed E-state index contributed by atoms with van der Waals surface area (Å²) in [6.07, 6.45) is -1.81. The Kier molecular flexibility index (Phi) is 10.4. The molecule has 0 aromatic heterocycles. The molecule has 13 nitrogen and oxygen atoms in total. The molecule has 0 spiro atoms. The first-order valence-electron chi connectivity index (χ1n) is 8.00. The molecule has 0 radical (unpaired) electrons. The molecule has 13 heteroatoms. The number of hydrogen-bond acceptors (Lipinski definition) is 7. The number of rotatable bonds is 12. The fraction of sp³-hybridized carbons (Fsp3) is 0.643. The van der Waals surface area contributed by atoms with E-state index in [9.17, 15) is 29.4 Å². The van der Waals surface area contributed by atoms with Gasteiger partial charge < -0.3 is 43.2 Å². The topological polar surface area (TPSA) is 243 Å². The first-order valence-corrected chi connectivity index (χ1v) is 8.00. The molecule has 0 bridgehead atoms. The number of aliphatic imine (C=N–C) groups is 1. The average molecular weight is 390 g/mol. The SMILES string of the molecule is C[C@@H](O)[C@H](NC(=O)[C@@H](N)CC(=O)O)C(=O)N[C@@H](CCCN=C(N)N)C(=O)O. The second-order valence-corrected chi connectivity index (χ2v) is 5.78. The van der Waals surface area contributed by atoms with Gasteiger partial charge in [-0.25, -0.2) is 4.79 Å². The van der Waals surface area contributed by atoms with E-state index in [4.69, 9.17) is 22.3 Å². The number of carboxylic acids is 2. The summed E-state index contributed by atoms with van der Waals surface area (Å²) in [4.78, 5) is 49.6. The number of aliphatic hydroxyl groups excluding tert-OH is 1. The lowest BCUT2D eigenvalue weighted by Gasteiger charge is -2.24. The number of nitrogens with zero attached hydrogens (tertiary/aromatic N) is 1. The molecule has 4 atom stereocenters. The molecule has 27 heavy (non-hydrogen) atoms. The average Bonchev–Trinajstić information content (AvgIpc) is 2.53. The molecule has 154 valence electrons. The summed E-state index contributed by atoms with van der Waals surface area (Å²) in [5, 5.41) is 31.8. The monoisotopic (exact) mass is 390 g/mol. The number of aliphatic carboxylic acids is 2. The predicted molar refractivity (Wildman–Crippen MR) is 93.3 cm³/mol. The molecule has 0 saturated heterocycles. The van der Waals surface area contributed by atoms with Crippen molar-refractivity contribution in [3.63, 3.8) is 0 Å². The fourth-order valence-corrected chi connectivity index (χ4v) is 1.97. The van der Waals surface area contributed by atoms with Crippen molar-refractivity contribution in [3.8, 4) is 0 Å². The molecule has 0 aliphatic heterocycles. The highest BCUT2D eigenvalue weighted by Gasteiger charge is 2.31. The predicted octanol–water partition coefficient (Wildman–Crippen LogP) is -3.72. The van der Waals surface area contributed by atoms with Crippen LogP contribution in [0.2, 0.25) is 0 Å². The highest BCUT2D eigenvalue weighted by Crippen LogP contribution is 2.02. The van der Waals surface area contributed by atoms with Crippen molar-refractivity contribution < 1.29 is 34.5 Å². The lowest BCUT2D eigenvalue weighted by Crippen LogP contribution is -2.58. The van der Waals surface area contributed by atoms with E-state index < -0.39 is 54.4 Å². The maximum Gasteiger partial charge on any atom is 0.326 e. The molecule has 0 unspecified atom stereocenters. The zero-order valence-electron chi connectivity index (χ0n) is 14.8. The minimum absolute atomic E-state index is 0.00312. The van der Waals surface area contributed by atoms with Crippen LogP contribution in [0.25, 0.3) is 0 Å². The molecule has 0 heterocycles. The van der Waals surface area contributed by atoms with Crippen LogP contribution in [0.4, 0.5) is 0 Å². The second-order valence-electron chi connectivity index (χ2n) is 5.78. The number of carbonyl (C=O) groups is 4. The lowest BCUT2D eigenvalue weighted by atomic mass is 10.1. The molecule has 0 aromatic rings. The van der Waals surface area contributed by atoms with Crippen molar-refractivity contribution in [1.82, 2.24) is 10.6 Å². The van der Waals surface area contributed by atoms with Gasteiger partial charge in [0.25, 0.3) is 0 Å². The third-order valence-corrected chi connectivity index (χ3v) is 3.35. The lowest BCUT2D eigenvalue weighted by molar-refractivity contribution is -0.143. The largest absolute Gasteiger partial charge is 0.481 e. The Hall–Kier alpha value is -2.93. The second kappa shape index (κ2) is 11.6. The Labute approximate surface area is 155 Å². The Bertz CT molecular complexity index is 576. The summed E-state index contributed by atoms with van der Waals surface area (Å²) >= 11 is 0. The van der Waals surface area contributed by atoms with Gasteiger partial charge in [0.2, 0.25) is 11.8 Å². The minimum atomic E-state index is -1.52. The summed E-state index contributed by atoms with van der Waals surface area (Å²) in [7, 11) is 0. The molecule has 0 fully saturated rings. The van der Waals surface area contributed by atoms with E-state index in [2.05, 4.69) is 15.6 Å². The number of nitrogens with one attached hydrogen (secondary N) is 2. The zero-order valence-corrected chi connectivity index (χ0v) is 14.8. The molecule has 0 rings (SSSR count). The number of nitrogens with two attached hydrogens (primary N) is 3. The third-order valence-electron chi connectivity index (χ3n) is 3.35. The van der Waals surface area contributed by atoms with Gasteiger partial charge >= 0.3 is 11.9 Å². The Morgan fingerprint density at radius 2 is 1.67 bits per heavy atom. The highest BCUT2D eigenvalue weighted by atomic mass is 16.4. The van der Waals surface area contributed by atoms with Crippen LogP contribution in [0.15, 0.2) is 4.99 Å². The summed E-state index contributed by atoms with van der Waals surface area (Å²) < 4.78 is 0. The van der Waals surface area contributed by atoms with E-state index in [1.807, 2.05) is 0 Å². The Morgan fingerprint density at radius 1 is 1.07 bits per heavy atom. The van der Waals surface area contributed by atoms with E-state index in [0.29, 0.717) is 0 Å². The van der Waals surface area contributed by atoms with Crippen molar-refractivity contribution in [2.45, 2.75) is 50.4 Å². The van der Waals surface area contributed by atoms with Gasteiger partial charge in [0.1, 0.15) is 12.1 Å². The number of carbonyl (C=O) groups excluding carboxylic acids is 2. The first-order chi connectivity index (χ1) is 12.5. The maximum atomic E-state index is 12.2. The minimum Gasteiger partial charge on any atom is -0.481 e. The zero-order chi connectivity index (χ0) is 21.1. The van der Waals surface area contributed by atoms with Crippen LogP contribution >= 0.6 is 0 Å². The smallest absolute Gasteiger partial charge is 0.326 e. The van der Waals surface area contributed by atoms with Crippen LogP contribution in [0.3, 0.4) is 0 Å². The number of amides is 2. The van der Waals surface area contributed by atoms with Gasteiger partial charge in [0.15, 0.2) is 5.96 Å². The van der Waals surface area contributed by atoms with E-state index in [1.165, 1.54) is 6.92 Å². The third kappa shape index (κ3) is 9.96. The van der Waals surface area contributed by atoms with Crippen LogP contribution < -0.4 is 27.8 Å². The van der Waals surface area contributed by atoms with E-state index >= 15 is 0 Å². The molecule has 2 amide bonds. The van der Waals surface area contributed by atoms with Gasteiger partial charge in [-0.3, -0.25) is 19.4 Å². The normalized spacial score (nSPS) is 14.9. The summed E-state index contributed by atoms with van der Waals surface area (Å²) in [6.45, 7) is 1.35. The van der Waals surface area contributed by atoms with Crippen molar-refractivity contribution in [3.05, 3.63) is 0 Å². The summed E-state index contributed by atoms with van der Waals surface area (Å²) in [5.41, 5.74) is 15.7. The standard InChI is InChI=1S/C14H26N6O7/c1-6(21)10(20-11(24)7(15)5-9(22)23)12(25)19-8(13(26)27)3-2-4-18-14(16)17/h6-8,10,21H,2-5,15H2,1H3,(H,19,25)(H,20,24)(H,22,23)(H,26,27)(H4,16,17,18)/t6-,7+,8+,10+/m1/s1. The number of carboxylic acid groups (broad SMARTS) is 2. The number of aliphatic hydroxyl groups is 1. The van der Waals surface area contributed by atoms with E-state index in [-0.39, 0.29) is 25.3 Å². The Morgan fingerprint density at radius 3 is 2.11 bits per heavy atom. The van der Waals surface area contributed by atoms with Crippen molar-refractivity contribution in [1.29, 1.82) is 0 Å². The van der Waals surface area contributed by atoms with E-state index in [0.717, 1.165) is 0 Å².